The molecule has 6 heteroatoms. The summed E-state index contributed by atoms with van der Waals surface area (Å²) < 4.78 is 4.07. The van der Waals surface area contributed by atoms with Gasteiger partial charge in [0.25, 0.3) is 0 Å². The van der Waals surface area contributed by atoms with Crippen LogP contribution in [0.4, 0.5) is 10.8 Å². The molecule has 0 atom stereocenters. The number of anilines is 2. The van der Waals surface area contributed by atoms with Gasteiger partial charge >= 0.3 is 0 Å². The molecular weight excluding hydrogens is 248 g/mol. The fourth-order valence-electron chi connectivity index (χ4n) is 2.10. The van der Waals surface area contributed by atoms with Gasteiger partial charge in [0, 0.05) is 31.6 Å². The van der Waals surface area contributed by atoms with E-state index in [1.165, 1.54) is 18.0 Å². The standard InChI is InChI=1S/C12H20N4OS/c1-9-11(13)15-18-12(9)14-6-5-10(17)16-7-3-2-4-8-16/h14H,2-8H2,1H3,(H2,13,15). The highest BCUT2D eigenvalue weighted by atomic mass is 32.1. The number of likely N-dealkylation sites (tertiary alicyclic amines) is 1. The smallest absolute Gasteiger partial charge is 0.224 e. The quantitative estimate of drug-likeness (QED) is 0.874. The summed E-state index contributed by atoms with van der Waals surface area (Å²) in [5.74, 6) is 0.821. The van der Waals surface area contributed by atoms with Gasteiger partial charge in [-0.05, 0) is 37.7 Å². The summed E-state index contributed by atoms with van der Waals surface area (Å²) in [6.07, 6.45) is 4.08. The molecular formula is C12H20N4OS. The van der Waals surface area contributed by atoms with Crippen molar-refractivity contribution in [2.24, 2.45) is 0 Å². The van der Waals surface area contributed by atoms with Crippen LogP contribution in [0.1, 0.15) is 31.2 Å². The monoisotopic (exact) mass is 268 g/mol. The van der Waals surface area contributed by atoms with E-state index in [0.717, 1.165) is 36.5 Å². The zero-order valence-electron chi connectivity index (χ0n) is 10.7. The lowest BCUT2D eigenvalue weighted by molar-refractivity contribution is -0.131. The Hall–Kier alpha value is -1.30. The van der Waals surface area contributed by atoms with Gasteiger partial charge in [-0.3, -0.25) is 4.79 Å². The highest BCUT2D eigenvalue weighted by Crippen LogP contribution is 2.25. The maximum atomic E-state index is 11.9. The molecule has 1 aliphatic rings. The number of nitrogens with zero attached hydrogens (tertiary/aromatic N) is 2. The Morgan fingerprint density at radius 3 is 2.78 bits per heavy atom. The topological polar surface area (TPSA) is 71.2 Å². The summed E-state index contributed by atoms with van der Waals surface area (Å²) in [6, 6.07) is 0. The minimum atomic E-state index is 0.248. The predicted octanol–water partition coefficient (Wildman–Crippen LogP) is 1.85. The molecule has 0 aromatic carbocycles. The van der Waals surface area contributed by atoms with Crippen LogP contribution in [0.3, 0.4) is 0 Å². The van der Waals surface area contributed by atoms with Crippen molar-refractivity contribution in [3.63, 3.8) is 0 Å². The Balaban J connectivity index is 1.74. The van der Waals surface area contributed by atoms with Crippen LogP contribution in [-0.2, 0) is 4.79 Å². The lowest BCUT2D eigenvalue weighted by Gasteiger charge is -2.26. The number of carbonyl (C=O) groups is 1. The second-order valence-corrected chi connectivity index (χ2v) is 5.41. The van der Waals surface area contributed by atoms with Crippen LogP contribution in [0.2, 0.25) is 0 Å². The molecule has 0 spiro atoms. The van der Waals surface area contributed by atoms with Crippen LogP contribution >= 0.6 is 11.5 Å². The van der Waals surface area contributed by atoms with Gasteiger partial charge in [-0.15, -0.1) is 0 Å². The van der Waals surface area contributed by atoms with Gasteiger partial charge < -0.3 is 16.0 Å². The third-order valence-corrected chi connectivity index (χ3v) is 4.21. The van der Waals surface area contributed by atoms with E-state index >= 15 is 0 Å². The lowest BCUT2D eigenvalue weighted by atomic mass is 10.1. The van der Waals surface area contributed by atoms with Crippen molar-refractivity contribution >= 4 is 28.3 Å². The molecule has 1 saturated heterocycles. The van der Waals surface area contributed by atoms with Gasteiger partial charge in [0.15, 0.2) is 0 Å². The third kappa shape index (κ3) is 3.13. The van der Waals surface area contributed by atoms with Gasteiger partial charge in [-0.2, -0.15) is 4.37 Å². The first-order valence-corrected chi connectivity index (χ1v) is 7.19. The maximum Gasteiger partial charge on any atom is 0.224 e. The number of aromatic nitrogens is 1. The first kappa shape index (κ1) is 13.1. The molecule has 1 amide bonds. The summed E-state index contributed by atoms with van der Waals surface area (Å²) in [6.45, 7) is 4.43. The molecule has 0 saturated carbocycles. The second kappa shape index (κ2) is 6.04. The van der Waals surface area contributed by atoms with E-state index in [4.69, 9.17) is 5.73 Å². The molecule has 1 fully saturated rings. The normalized spacial score (nSPS) is 15.7. The van der Waals surface area contributed by atoms with E-state index in [2.05, 4.69) is 9.69 Å². The van der Waals surface area contributed by atoms with E-state index in [1.54, 1.807) is 0 Å². The molecule has 18 heavy (non-hydrogen) atoms. The molecule has 3 N–H and O–H groups in total. The Morgan fingerprint density at radius 2 is 2.17 bits per heavy atom. The van der Waals surface area contributed by atoms with Gasteiger partial charge in [0.05, 0.1) is 0 Å². The average molecular weight is 268 g/mol. The zero-order valence-corrected chi connectivity index (χ0v) is 11.6. The highest BCUT2D eigenvalue weighted by molar-refractivity contribution is 7.10. The number of nitrogens with one attached hydrogen (secondary N) is 1. The number of nitrogen functional groups attached to an aromatic ring is 1. The number of amides is 1. The van der Waals surface area contributed by atoms with Gasteiger partial charge in [0.1, 0.15) is 10.8 Å². The fourth-order valence-corrected chi connectivity index (χ4v) is 2.83. The number of piperidine rings is 1. The Kier molecular flexibility index (Phi) is 4.41. The molecule has 0 radical (unpaired) electrons. The molecule has 1 aliphatic heterocycles. The van der Waals surface area contributed by atoms with E-state index < -0.39 is 0 Å². The largest absolute Gasteiger partial charge is 0.383 e. The Labute approximate surface area is 112 Å². The lowest BCUT2D eigenvalue weighted by Crippen LogP contribution is -2.36. The van der Waals surface area contributed by atoms with E-state index in [0.29, 0.717) is 18.8 Å². The fraction of sp³-hybridized carbons (Fsp3) is 0.667. The minimum Gasteiger partial charge on any atom is -0.383 e. The molecule has 1 aromatic heterocycles. The average Bonchev–Trinajstić information content (AvgIpc) is 2.71. The first-order valence-electron chi connectivity index (χ1n) is 6.42. The van der Waals surface area contributed by atoms with Gasteiger partial charge in [-0.1, -0.05) is 0 Å². The van der Waals surface area contributed by atoms with Crippen LogP contribution < -0.4 is 11.1 Å². The van der Waals surface area contributed by atoms with Crippen molar-refractivity contribution in [1.82, 2.24) is 9.27 Å². The third-order valence-electron chi connectivity index (χ3n) is 3.29. The van der Waals surface area contributed by atoms with Crippen molar-refractivity contribution in [1.29, 1.82) is 0 Å². The van der Waals surface area contributed by atoms with Crippen LogP contribution in [-0.4, -0.2) is 34.8 Å². The summed E-state index contributed by atoms with van der Waals surface area (Å²) >= 11 is 1.35. The van der Waals surface area contributed by atoms with E-state index in [9.17, 15) is 4.79 Å². The van der Waals surface area contributed by atoms with Crippen LogP contribution in [0.15, 0.2) is 0 Å². The summed E-state index contributed by atoms with van der Waals surface area (Å²) in [4.78, 5) is 13.9. The molecule has 0 unspecified atom stereocenters. The van der Waals surface area contributed by atoms with E-state index in [1.807, 2.05) is 11.8 Å². The SMILES string of the molecule is Cc1c(N)nsc1NCCC(=O)N1CCCCC1. The first-order chi connectivity index (χ1) is 8.68. The molecule has 0 bridgehead atoms. The van der Waals surface area contributed by atoms with Crippen molar-refractivity contribution in [3.05, 3.63) is 5.56 Å². The van der Waals surface area contributed by atoms with Crippen molar-refractivity contribution < 1.29 is 4.79 Å². The highest BCUT2D eigenvalue weighted by Gasteiger charge is 2.16. The van der Waals surface area contributed by atoms with E-state index in [-0.39, 0.29) is 5.91 Å². The molecule has 0 aliphatic carbocycles. The number of hydrogen-bond donors (Lipinski definition) is 2. The van der Waals surface area contributed by atoms with Gasteiger partial charge in [-0.25, -0.2) is 0 Å². The molecule has 100 valence electrons. The number of nitrogens with two attached hydrogens (primary N) is 1. The minimum absolute atomic E-state index is 0.248. The summed E-state index contributed by atoms with van der Waals surface area (Å²) in [5, 5.41) is 4.20. The summed E-state index contributed by atoms with van der Waals surface area (Å²) in [5.41, 5.74) is 6.65. The molecule has 5 nitrogen and oxygen atoms in total. The second-order valence-electron chi connectivity index (χ2n) is 4.64. The van der Waals surface area contributed by atoms with Gasteiger partial charge in [0.2, 0.25) is 5.91 Å². The number of carbonyl (C=O) groups excluding carboxylic acids is 1. The van der Waals surface area contributed by atoms with Crippen molar-refractivity contribution in [3.8, 4) is 0 Å². The van der Waals surface area contributed by atoms with Crippen LogP contribution in [0.25, 0.3) is 0 Å². The van der Waals surface area contributed by atoms with Crippen LogP contribution in [0.5, 0.6) is 0 Å². The van der Waals surface area contributed by atoms with Crippen LogP contribution in [0, 0.1) is 6.92 Å². The Bertz CT molecular complexity index is 412. The van der Waals surface area contributed by atoms with Crippen molar-refractivity contribution in [2.45, 2.75) is 32.6 Å². The maximum absolute atomic E-state index is 11.9. The molecule has 2 heterocycles. The number of rotatable bonds is 4. The molecule has 2 rings (SSSR count). The molecule has 1 aromatic rings. The zero-order chi connectivity index (χ0) is 13.0. The summed E-state index contributed by atoms with van der Waals surface area (Å²) in [7, 11) is 0. The number of hydrogen-bond acceptors (Lipinski definition) is 5. The van der Waals surface area contributed by atoms with Crippen molar-refractivity contribution in [2.75, 3.05) is 30.7 Å². The predicted molar refractivity (Wildman–Crippen MR) is 74.8 cm³/mol. The Morgan fingerprint density at radius 1 is 1.44 bits per heavy atom.